The number of nitrogens with one attached hydrogen (secondary N) is 1. The molecule has 1 aromatic carbocycles. The van der Waals surface area contributed by atoms with Gasteiger partial charge >= 0.3 is 0 Å². The quantitative estimate of drug-likeness (QED) is 0.712. The van der Waals surface area contributed by atoms with Crippen LogP contribution in [0.1, 0.15) is 71.9 Å². The van der Waals surface area contributed by atoms with E-state index in [0.29, 0.717) is 17.8 Å². The van der Waals surface area contributed by atoms with Crippen LogP contribution in [0.4, 0.5) is 0 Å². The van der Waals surface area contributed by atoms with Crippen molar-refractivity contribution in [1.82, 2.24) is 5.32 Å². The molecule has 0 spiro atoms. The summed E-state index contributed by atoms with van der Waals surface area (Å²) in [5.41, 5.74) is 3.14. The van der Waals surface area contributed by atoms with Crippen molar-refractivity contribution in [3.8, 4) is 0 Å². The lowest BCUT2D eigenvalue weighted by Crippen LogP contribution is -2.28. The summed E-state index contributed by atoms with van der Waals surface area (Å²) in [5, 5.41) is 3.64. The van der Waals surface area contributed by atoms with Crippen molar-refractivity contribution in [3.63, 3.8) is 0 Å². The van der Waals surface area contributed by atoms with Gasteiger partial charge < -0.3 is 5.32 Å². The molecule has 0 fully saturated rings. The fourth-order valence-corrected chi connectivity index (χ4v) is 2.69. The number of hydrogen-bond donors (Lipinski definition) is 1. The summed E-state index contributed by atoms with van der Waals surface area (Å²) < 4.78 is 0. The number of benzene rings is 1. The fourth-order valence-electron chi connectivity index (χ4n) is 2.69. The molecule has 1 N–H and O–H groups in total. The zero-order chi connectivity index (χ0) is 16.0. The molecule has 1 rings (SSSR count). The summed E-state index contributed by atoms with van der Waals surface area (Å²) in [4.78, 5) is 0. The topological polar surface area (TPSA) is 12.0 Å². The van der Waals surface area contributed by atoms with Crippen LogP contribution in [0.5, 0.6) is 0 Å². The molecular weight excluding hydrogens is 254 g/mol. The molecule has 1 heteroatoms. The Hall–Kier alpha value is -0.820. The van der Waals surface area contributed by atoms with Crippen molar-refractivity contribution in [2.24, 2.45) is 11.8 Å². The minimum absolute atomic E-state index is 0.236. The first kappa shape index (κ1) is 18.2. The Morgan fingerprint density at radius 3 is 1.95 bits per heavy atom. The molecule has 1 aromatic rings. The molecule has 0 bridgehead atoms. The van der Waals surface area contributed by atoms with E-state index in [9.17, 15) is 0 Å². The standard InChI is InChI=1S/C20H35N/c1-8-16(4)19(14-21-13-15(2)3)17-9-11-18(12-10-17)20(5,6)7/h9-12,15-16,19,21H,8,13-14H2,1-7H3. The number of rotatable bonds is 7. The average molecular weight is 290 g/mol. The van der Waals surface area contributed by atoms with E-state index in [-0.39, 0.29) is 5.41 Å². The third kappa shape index (κ3) is 5.82. The maximum atomic E-state index is 3.64. The van der Waals surface area contributed by atoms with Crippen LogP contribution < -0.4 is 5.32 Å². The Bertz CT molecular complexity index is 397. The van der Waals surface area contributed by atoms with E-state index in [0.717, 1.165) is 13.1 Å². The molecule has 0 aliphatic heterocycles. The highest BCUT2D eigenvalue weighted by atomic mass is 14.9. The van der Waals surface area contributed by atoms with Crippen LogP contribution in [0.25, 0.3) is 0 Å². The second-order valence-electron chi connectivity index (χ2n) is 7.92. The molecule has 0 saturated heterocycles. The maximum Gasteiger partial charge on any atom is 0.00228 e. The van der Waals surface area contributed by atoms with Gasteiger partial charge in [-0.1, -0.05) is 79.2 Å². The Labute approximate surface area is 132 Å². The maximum absolute atomic E-state index is 3.64. The summed E-state index contributed by atoms with van der Waals surface area (Å²) in [6.07, 6.45) is 1.23. The van der Waals surface area contributed by atoms with Gasteiger partial charge in [-0.15, -0.1) is 0 Å². The van der Waals surface area contributed by atoms with Crippen LogP contribution in [-0.2, 0) is 5.41 Å². The molecule has 120 valence electrons. The predicted octanol–water partition coefficient (Wildman–Crippen LogP) is 5.36. The summed E-state index contributed by atoms with van der Waals surface area (Å²) in [5.74, 6) is 2.04. The van der Waals surface area contributed by atoms with Crippen molar-refractivity contribution in [1.29, 1.82) is 0 Å². The largest absolute Gasteiger partial charge is 0.316 e. The second kappa shape index (κ2) is 7.98. The Morgan fingerprint density at radius 2 is 1.52 bits per heavy atom. The molecule has 0 aromatic heterocycles. The molecule has 0 amide bonds. The Morgan fingerprint density at radius 1 is 0.952 bits per heavy atom. The minimum Gasteiger partial charge on any atom is -0.316 e. The summed E-state index contributed by atoms with van der Waals surface area (Å²) in [6, 6.07) is 9.31. The predicted molar refractivity (Wildman–Crippen MR) is 95.0 cm³/mol. The van der Waals surface area contributed by atoms with Gasteiger partial charge in [-0.2, -0.15) is 0 Å². The first-order chi connectivity index (χ1) is 9.75. The monoisotopic (exact) mass is 289 g/mol. The van der Waals surface area contributed by atoms with E-state index in [1.807, 2.05) is 0 Å². The first-order valence-corrected chi connectivity index (χ1v) is 8.56. The lowest BCUT2D eigenvalue weighted by Gasteiger charge is -2.26. The van der Waals surface area contributed by atoms with Crippen LogP contribution in [0.2, 0.25) is 0 Å². The van der Waals surface area contributed by atoms with Gasteiger partial charge in [-0.05, 0) is 40.8 Å². The van der Waals surface area contributed by atoms with E-state index in [4.69, 9.17) is 0 Å². The van der Waals surface area contributed by atoms with Gasteiger partial charge in [0.15, 0.2) is 0 Å². The minimum atomic E-state index is 0.236. The van der Waals surface area contributed by atoms with E-state index < -0.39 is 0 Å². The molecule has 2 atom stereocenters. The van der Waals surface area contributed by atoms with E-state index in [1.54, 1.807) is 0 Å². The molecule has 0 heterocycles. The van der Waals surface area contributed by atoms with Gasteiger partial charge in [0.25, 0.3) is 0 Å². The Kier molecular flexibility index (Phi) is 6.93. The zero-order valence-electron chi connectivity index (χ0n) is 15.2. The van der Waals surface area contributed by atoms with E-state index in [2.05, 4.69) is 78.0 Å². The molecular formula is C20H35N. The highest BCUT2D eigenvalue weighted by Gasteiger charge is 2.19. The van der Waals surface area contributed by atoms with Crippen LogP contribution in [0.15, 0.2) is 24.3 Å². The van der Waals surface area contributed by atoms with Crippen LogP contribution in [0.3, 0.4) is 0 Å². The molecule has 0 aliphatic rings. The number of hydrogen-bond acceptors (Lipinski definition) is 1. The smallest absolute Gasteiger partial charge is 0.00228 e. The Balaban J connectivity index is 2.83. The summed E-state index contributed by atoms with van der Waals surface area (Å²) in [6.45, 7) is 18.2. The molecule has 21 heavy (non-hydrogen) atoms. The van der Waals surface area contributed by atoms with Crippen molar-refractivity contribution in [2.75, 3.05) is 13.1 Å². The third-order valence-corrected chi connectivity index (χ3v) is 4.45. The van der Waals surface area contributed by atoms with Gasteiger partial charge in [-0.3, -0.25) is 0 Å². The van der Waals surface area contributed by atoms with Crippen LogP contribution >= 0.6 is 0 Å². The molecule has 0 aliphatic carbocycles. The summed E-state index contributed by atoms with van der Waals surface area (Å²) in [7, 11) is 0. The first-order valence-electron chi connectivity index (χ1n) is 8.56. The van der Waals surface area contributed by atoms with Crippen molar-refractivity contribution in [2.45, 2.75) is 66.2 Å². The summed E-state index contributed by atoms with van der Waals surface area (Å²) >= 11 is 0. The van der Waals surface area contributed by atoms with E-state index in [1.165, 1.54) is 17.5 Å². The highest BCUT2D eigenvalue weighted by Crippen LogP contribution is 2.29. The van der Waals surface area contributed by atoms with Gasteiger partial charge in [-0.25, -0.2) is 0 Å². The lowest BCUT2D eigenvalue weighted by molar-refractivity contribution is 0.409. The van der Waals surface area contributed by atoms with Crippen molar-refractivity contribution < 1.29 is 0 Å². The fraction of sp³-hybridized carbons (Fsp3) is 0.700. The average Bonchev–Trinajstić information content (AvgIpc) is 2.42. The van der Waals surface area contributed by atoms with Crippen LogP contribution in [0, 0.1) is 11.8 Å². The lowest BCUT2D eigenvalue weighted by atomic mass is 9.82. The molecule has 0 saturated carbocycles. The second-order valence-corrected chi connectivity index (χ2v) is 7.92. The molecule has 0 radical (unpaired) electrons. The van der Waals surface area contributed by atoms with Gasteiger partial charge in [0.1, 0.15) is 0 Å². The molecule has 2 unspecified atom stereocenters. The SMILES string of the molecule is CCC(C)C(CNCC(C)C)c1ccc(C(C)(C)C)cc1. The van der Waals surface area contributed by atoms with Crippen molar-refractivity contribution in [3.05, 3.63) is 35.4 Å². The highest BCUT2D eigenvalue weighted by molar-refractivity contribution is 5.30. The molecule has 1 nitrogen and oxygen atoms in total. The zero-order valence-corrected chi connectivity index (χ0v) is 15.2. The van der Waals surface area contributed by atoms with Gasteiger partial charge in [0, 0.05) is 6.54 Å². The normalized spacial score (nSPS) is 15.2. The van der Waals surface area contributed by atoms with Gasteiger partial charge in [0.05, 0.1) is 0 Å². The van der Waals surface area contributed by atoms with Gasteiger partial charge in [0.2, 0.25) is 0 Å². The van der Waals surface area contributed by atoms with Crippen molar-refractivity contribution >= 4 is 0 Å². The van der Waals surface area contributed by atoms with Crippen LogP contribution in [-0.4, -0.2) is 13.1 Å². The third-order valence-electron chi connectivity index (χ3n) is 4.45. The van der Waals surface area contributed by atoms with E-state index >= 15 is 0 Å².